The van der Waals surface area contributed by atoms with Crippen molar-refractivity contribution in [3.63, 3.8) is 0 Å². The highest BCUT2D eigenvalue weighted by molar-refractivity contribution is 5.55. The van der Waals surface area contributed by atoms with Crippen LogP contribution in [0.15, 0.2) is 41.1 Å². The second kappa shape index (κ2) is 2.81. The first kappa shape index (κ1) is 7.10. The van der Waals surface area contributed by atoms with Gasteiger partial charge in [0.25, 0.3) is 0 Å². The Balaban J connectivity index is 2.55. The Labute approximate surface area is 70.9 Å². The molecule has 0 atom stereocenters. The molecule has 0 aliphatic carbocycles. The van der Waals surface area contributed by atoms with Gasteiger partial charge in [-0.3, -0.25) is 4.98 Å². The van der Waals surface area contributed by atoms with Crippen LogP contribution >= 0.6 is 0 Å². The molecule has 0 radical (unpaired) electrons. The van der Waals surface area contributed by atoms with Crippen molar-refractivity contribution in [3.8, 4) is 11.5 Å². The van der Waals surface area contributed by atoms with Crippen molar-refractivity contribution >= 4 is 0 Å². The van der Waals surface area contributed by atoms with Crippen LogP contribution in [0.4, 0.5) is 0 Å². The second-order valence-corrected chi connectivity index (χ2v) is 2.65. The molecule has 0 saturated carbocycles. The molecule has 60 valence electrons. The lowest BCUT2D eigenvalue weighted by Crippen LogP contribution is -1.83. The van der Waals surface area contributed by atoms with E-state index in [1.54, 1.807) is 12.5 Å². The summed E-state index contributed by atoms with van der Waals surface area (Å²) in [5.74, 6) is 0.827. The highest BCUT2D eigenvalue weighted by Gasteiger charge is 2.03. The van der Waals surface area contributed by atoms with Crippen molar-refractivity contribution < 1.29 is 4.42 Å². The monoisotopic (exact) mass is 159 g/mol. The SMILES string of the molecule is Cc1cccnc1-c1ccco1. The maximum Gasteiger partial charge on any atom is 0.152 e. The molecule has 2 rings (SSSR count). The number of rotatable bonds is 1. The van der Waals surface area contributed by atoms with E-state index >= 15 is 0 Å². The fourth-order valence-corrected chi connectivity index (χ4v) is 1.16. The van der Waals surface area contributed by atoms with E-state index in [1.807, 2.05) is 31.2 Å². The molecule has 0 amide bonds. The summed E-state index contributed by atoms with van der Waals surface area (Å²) in [6.07, 6.45) is 3.42. The van der Waals surface area contributed by atoms with Crippen molar-refractivity contribution in [3.05, 3.63) is 42.3 Å². The van der Waals surface area contributed by atoms with Crippen LogP contribution in [0, 0.1) is 6.92 Å². The summed E-state index contributed by atoms with van der Waals surface area (Å²) in [4.78, 5) is 4.23. The Morgan fingerprint density at radius 1 is 1.25 bits per heavy atom. The van der Waals surface area contributed by atoms with E-state index in [0.29, 0.717) is 0 Å². The first-order chi connectivity index (χ1) is 5.88. The second-order valence-electron chi connectivity index (χ2n) is 2.65. The van der Waals surface area contributed by atoms with Gasteiger partial charge in [0.15, 0.2) is 5.76 Å². The number of hydrogen-bond acceptors (Lipinski definition) is 2. The molecule has 0 bridgehead atoms. The van der Waals surface area contributed by atoms with Gasteiger partial charge >= 0.3 is 0 Å². The van der Waals surface area contributed by atoms with Crippen LogP contribution in [0.3, 0.4) is 0 Å². The van der Waals surface area contributed by atoms with E-state index in [1.165, 1.54) is 0 Å². The van der Waals surface area contributed by atoms with Crippen molar-refractivity contribution in [2.75, 3.05) is 0 Å². The summed E-state index contributed by atoms with van der Waals surface area (Å²) in [7, 11) is 0. The fourth-order valence-electron chi connectivity index (χ4n) is 1.16. The first-order valence-electron chi connectivity index (χ1n) is 3.83. The molecule has 0 aromatic carbocycles. The molecule has 2 aromatic heterocycles. The Hall–Kier alpha value is -1.57. The minimum atomic E-state index is 0.827. The molecular weight excluding hydrogens is 150 g/mol. The topological polar surface area (TPSA) is 26.0 Å². The maximum absolute atomic E-state index is 5.24. The standard InChI is InChI=1S/C10H9NO/c1-8-4-2-6-11-10(8)9-5-3-7-12-9/h2-7H,1H3. The van der Waals surface area contributed by atoms with Gasteiger partial charge in [0.05, 0.1) is 6.26 Å². The molecule has 0 aliphatic rings. The van der Waals surface area contributed by atoms with Crippen molar-refractivity contribution in [1.29, 1.82) is 0 Å². The van der Waals surface area contributed by atoms with Crippen molar-refractivity contribution in [2.24, 2.45) is 0 Å². The molecular formula is C10H9NO. The van der Waals surface area contributed by atoms with Gasteiger partial charge in [-0.2, -0.15) is 0 Å². The average molecular weight is 159 g/mol. The van der Waals surface area contributed by atoms with E-state index in [-0.39, 0.29) is 0 Å². The van der Waals surface area contributed by atoms with Gasteiger partial charge in [-0.05, 0) is 30.7 Å². The molecule has 2 heteroatoms. The third kappa shape index (κ3) is 1.11. The zero-order chi connectivity index (χ0) is 8.39. The molecule has 2 nitrogen and oxygen atoms in total. The van der Waals surface area contributed by atoms with Crippen LogP contribution < -0.4 is 0 Å². The van der Waals surface area contributed by atoms with Crippen LogP contribution in [0.25, 0.3) is 11.5 Å². The molecule has 0 unspecified atom stereocenters. The van der Waals surface area contributed by atoms with Crippen LogP contribution in [-0.4, -0.2) is 4.98 Å². The van der Waals surface area contributed by atoms with Crippen molar-refractivity contribution in [1.82, 2.24) is 4.98 Å². The number of hydrogen-bond donors (Lipinski definition) is 0. The quantitative estimate of drug-likeness (QED) is 0.639. The van der Waals surface area contributed by atoms with Gasteiger partial charge in [0.2, 0.25) is 0 Å². The van der Waals surface area contributed by atoms with Gasteiger partial charge < -0.3 is 4.42 Å². The number of pyridine rings is 1. The average Bonchev–Trinajstić information content (AvgIpc) is 2.57. The molecule has 0 saturated heterocycles. The number of aryl methyl sites for hydroxylation is 1. The van der Waals surface area contributed by atoms with E-state index in [9.17, 15) is 0 Å². The minimum Gasteiger partial charge on any atom is -0.463 e. The van der Waals surface area contributed by atoms with Gasteiger partial charge in [-0.25, -0.2) is 0 Å². The Morgan fingerprint density at radius 2 is 2.17 bits per heavy atom. The summed E-state index contributed by atoms with van der Waals surface area (Å²) < 4.78 is 5.24. The van der Waals surface area contributed by atoms with Crippen LogP contribution in [0.2, 0.25) is 0 Å². The highest BCUT2D eigenvalue weighted by atomic mass is 16.3. The zero-order valence-electron chi connectivity index (χ0n) is 6.82. The maximum atomic E-state index is 5.24. The van der Waals surface area contributed by atoms with Crippen LogP contribution in [0.5, 0.6) is 0 Å². The highest BCUT2D eigenvalue weighted by Crippen LogP contribution is 2.19. The summed E-state index contributed by atoms with van der Waals surface area (Å²) in [5.41, 5.74) is 2.05. The third-order valence-corrected chi connectivity index (χ3v) is 1.76. The largest absolute Gasteiger partial charge is 0.463 e. The summed E-state index contributed by atoms with van der Waals surface area (Å²) in [6.45, 7) is 2.02. The molecule has 0 aliphatic heterocycles. The molecule has 0 spiro atoms. The summed E-state index contributed by atoms with van der Waals surface area (Å²) >= 11 is 0. The van der Waals surface area contributed by atoms with Gasteiger partial charge in [0, 0.05) is 6.20 Å². The van der Waals surface area contributed by atoms with E-state index in [2.05, 4.69) is 4.98 Å². The molecule has 2 heterocycles. The number of furan rings is 1. The Morgan fingerprint density at radius 3 is 2.83 bits per heavy atom. The normalized spacial score (nSPS) is 10.1. The molecule has 2 aromatic rings. The summed E-state index contributed by atoms with van der Waals surface area (Å²) in [6, 6.07) is 7.71. The predicted molar refractivity (Wildman–Crippen MR) is 46.7 cm³/mol. The minimum absolute atomic E-state index is 0.827. The van der Waals surface area contributed by atoms with E-state index in [4.69, 9.17) is 4.42 Å². The zero-order valence-corrected chi connectivity index (χ0v) is 6.82. The Bertz CT molecular complexity index is 365. The smallest absolute Gasteiger partial charge is 0.152 e. The van der Waals surface area contributed by atoms with E-state index in [0.717, 1.165) is 17.0 Å². The van der Waals surface area contributed by atoms with Gasteiger partial charge in [-0.1, -0.05) is 6.07 Å². The van der Waals surface area contributed by atoms with Gasteiger partial charge in [-0.15, -0.1) is 0 Å². The van der Waals surface area contributed by atoms with E-state index < -0.39 is 0 Å². The van der Waals surface area contributed by atoms with Crippen LogP contribution in [-0.2, 0) is 0 Å². The van der Waals surface area contributed by atoms with Crippen LogP contribution in [0.1, 0.15) is 5.56 Å². The predicted octanol–water partition coefficient (Wildman–Crippen LogP) is 2.65. The molecule has 0 N–H and O–H groups in total. The third-order valence-electron chi connectivity index (χ3n) is 1.76. The fraction of sp³-hybridized carbons (Fsp3) is 0.100. The summed E-state index contributed by atoms with van der Waals surface area (Å²) in [5, 5.41) is 0. The molecule has 12 heavy (non-hydrogen) atoms. The molecule has 0 fully saturated rings. The first-order valence-corrected chi connectivity index (χ1v) is 3.83. The van der Waals surface area contributed by atoms with Gasteiger partial charge in [0.1, 0.15) is 5.69 Å². The lowest BCUT2D eigenvalue weighted by Gasteiger charge is -1.98. The lowest BCUT2D eigenvalue weighted by atomic mass is 10.2. The lowest BCUT2D eigenvalue weighted by molar-refractivity contribution is 0.579. The number of nitrogens with zero attached hydrogens (tertiary/aromatic N) is 1. The Kier molecular flexibility index (Phi) is 1.67. The van der Waals surface area contributed by atoms with Crippen molar-refractivity contribution in [2.45, 2.75) is 6.92 Å². The number of aromatic nitrogens is 1.